The molecule has 1 rings (SSSR count). The molecular formula is C15H24ClNO3. The molecule has 114 valence electrons. The molecular weight excluding hydrogens is 278 g/mol. The van der Waals surface area contributed by atoms with E-state index in [1.165, 1.54) is 0 Å². The zero-order chi connectivity index (χ0) is 14.8. The Kier molecular flexibility index (Phi) is 8.62. The van der Waals surface area contributed by atoms with Crippen molar-refractivity contribution in [3.63, 3.8) is 0 Å². The summed E-state index contributed by atoms with van der Waals surface area (Å²) < 4.78 is 15.7. The Balaban J connectivity index is 2.60. The molecule has 0 bridgehead atoms. The molecule has 20 heavy (non-hydrogen) atoms. The molecule has 1 N–H and O–H groups in total. The maximum atomic E-state index is 6.06. The lowest BCUT2D eigenvalue weighted by atomic mass is 10.0. The topological polar surface area (TPSA) is 39.7 Å². The molecule has 0 radical (unpaired) electrons. The molecule has 0 aromatic heterocycles. The zero-order valence-electron chi connectivity index (χ0n) is 12.4. The summed E-state index contributed by atoms with van der Waals surface area (Å²) in [7, 11) is 3.30. The van der Waals surface area contributed by atoms with Crippen molar-refractivity contribution in [2.75, 3.05) is 40.6 Å². The van der Waals surface area contributed by atoms with E-state index in [4.69, 9.17) is 25.8 Å². The largest absolute Gasteiger partial charge is 0.495 e. The van der Waals surface area contributed by atoms with Crippen LogP contribution in [0, 0.1) is 0 Å². The van der Waals surface area contributed by atoms with Crippen LogP contribution in [0.2, 0.25) is 5.02 Å². The minimum absolute atomic E-state index is 0.230. The molecule has 5 heteroatoms. The lowest BCUT2D eigenvalue weighted by Gasteiger charge is -2.19. The van der Waals surface area contributed by atoms with Crippen LogP contribution in [0.1, 0.15) is 24.9 Å². The number of methoxy groups -OCH3 is 2. The molecule has 0 aliphatic carbocycles. The normalized spacial score (nSPS) is 12.4. The van der Waals surface area contributed by atoms with E-state index in [9.17, 15) is 0 Å². The van der Waals surface area contributed by atoms with Crippen LogP contribution in [0.15, 0.2) is 18.2 Å². The van der Waals surface area contributed by atoms with Gasteiger partial charge in [0.1, 0.15) is 5.75 Å². The Morgan fingerprint density at radius 1 is 1.20 bits per heavy atom. The minimum atomic E-state index is 0.230. The number of ether oxygens (including phenoxy) is 3. The van der Waals surface area contributed by atoms with Gasteiger partial charge in [0.15, 0.2) is 0 Å². The molecule has 1 unspecified atom stereocenters. The number of rotatable bonds is 10. The minimum Gasteiger partial charge on any atom is -0.495 e. The van der Waals surface area contributed by atoms with Crippen LogP contribution in [0.3, 0.4) is 0 Å². The predicted octanol–water partition coefficient (Wildman–Crippen LogP) is 3.05. The fourth-order valence-electron chi connectivity index (χ4n) is 1.97. The summed E-state index contributed by atoms with van der Waals surface area (Å²) in [5.74, 6) is 0.701. The van der Waals surface area contributed by atoms with Gasteiger partial charge in [0.05, 0.1) is 25.3 Å². The van der Waals surface area contributed by atoms with E-state index in [0.29, 0.717) is 30.6 Å². The molecule has 4 nitrogen and oxygen atoms in total. The standard InChI is InChI=1S/C15H24ClNO3/c1-4-17-14(7-8-20-10-9-18-2)12-5-6-13(16)15(11-12)19-3/h5-6,11,14,17H,4,7-10H2,1-3H3. The lowest BCUT2D eigenvalue weighted by molar-refractivity contribution is 0.0658. The van der Waals surface area contributed by atoms with Gasteiger partial charge in [-0.15, -0.1) is 0 Å². The second-order valence-corrected chi connectivity index (χ2v) is 4.81. The SMILES string of the molecule is CCNC(CCOCCOC)c1ccc(Cl)c(OC)c1. The number of hydrogen-bond donors (Lipinski definition) is 1. The first-order chi connectivity index (χ1) is 9.72. The molecule has 0 aliphatic rings. The fraction of sp³-hybridized carbons (Fsp3) is 0.600. The summed E-state index contributed by atoms with van der Waals surface area (Å²) >= 11 is 6.06. The maximum Gasteiger partial charge on any atom is 0.137 e. The van der Waals surface area contributed by atoms with Crippen LogP contribution in [-0.2, 0) is 9.47 Å². The Morgan fingerprint density at radius 3 is 2.65 bits per heavy atom. The van der Waals surface area contributed by atoms with Gasteiger partial charge in [-0.2, -0.15) is 0 Å². The third-order valence-electron chi connectivity index (χ3n) is 3.01. The van der Waals surface area contributed by atoms with Crippen LogP contribution in [-0.4, -0.2) is 40.6 Å². The van der Waals surface area contributed by atoms with E-state index in [1.54, 1.807) is 14.2 Å². The number of nitrogens with one attached hydrogen (secondary N) is 1. The van der Waals surface area contributed by atoms with Crippen molar-refractivity contribution in [1.29, 1.82) is 0 Å². The van der Waals surface area contributed by atoms with Crippen molar-refractivity contribution in [3.8, 4) is 5.75 Å². The fourth-order valence-corrected chi connectivity index (χ4v) is 2.17. The van der Waals surface area contributed by atoms with Gasteiger partial charge >= 0.3 is 0 Å². The predicted molar refractivity (Wildman–Crippen MR) is 81.7 cm³/mol. The monoisotopic (exact) mass is 301 g/mol. The van der Waals surface area contributed by atoms with Gasteiger partial charge in [-0.1, -0.05) is 24.6 Å². The number of halogens is 1. The van der Waals surface area contributed by atoms with Crippen molar-refractivity contribution in [3.05, 3.63) is 28.8 Å². The molecule has 0 amide bonds. The molecule has 0 saturated heterocycles. The van der Waals surface area contributed by atoms with Crippen molar-refractivity contribution in [2.45, 2.75) is 19.4 Å². The van der Waals surface area contributed by atoms with E-state index in [2.05, 4.69) is 12.2 Å². The highest BCUT2D eigenvalue weighted by Gasteiger charge is 2.12. The van der Waals surface area contributed by atoms with Crippen LogP contribution >= 0.6 is 11.6 Å². The van der Waals surface area contributed by atoms with Gasteiger partial charge in [-0.3, -0.25) is 0 Å². The summed E-state index contributed by atoms with van der Waals surface area (Å²) in [6.45, 7) is 4.92. The van der Waals surface area contributed by atoms with Crippen molar-refractivity contribution >= 4 is 11.6 Å². The Bertz CT molecular complexity index is 387. The number of benzene rings is 1. The van der Waals surface area contributed by atoms with E-state index < -0.39 is 0 Å². The smallest absolute Gasteiger partial charge is 0.137 e. The van der Waals surface area contributed by atoms with Crippen LogP contribution in [0.25, 0.3) is 0 Å². The Morgan fingerprint density at radius 2 is 2.00 bits per heavy atom. The highest BCUT2D eigenvalue weighted by molar-refractivity contribution is 6.32. The van der Waals surface area contributed by atoms with Gasteiger partial charge in [0, 0.05) is 19.8 Å². The van der Waals surface area contributed by atoms with Gasteiger partial charge in [-0.25, -0.2) is 0 Å². The van der Waals surface area contributed by atoms with Gasteiger partial charge in [-0.05, 0) is 30.7 Å². The van der Waals surface area contributed by atoms with E-state index in [1.807, 2.05) is 18.2 Å². The maximum absolute atomic E-state index is 6.06. The van der Waals surface area contributed by atoms with E-state index in [0.717, 1.165) is 18.5 Å². The van der Waals surface area contributed by atoms with E-state index >= 15 is 0 Å². The second-order valence-electron chi connectivity index (χ2n) is 4.40. The summed E-state index contributed by atoms with van der Waals surface area (Å²) in [5.41, 5.74) is 1.16. The zero-order valence-corrected chi connectivity index (χ0v) is 13.2. The lowest BCUT2D eigenvalue weighted by Crippen LogP contribution is -2.22. The van der Waals surface area contributed by atoms with Gasteiger partial charge in [0.2, 0.25) is 0 Å². The molecule has 0 aliphatic heterocycles. The third-order valence-corrected chi connectivity index (χ3v) is 3.32. The first kappa shape index (κ1) is 17.2. The Labute approximate surface area is 126 Å². The molecule has 0 heterocycles. The molecule has 0 spiro atoms. The van der Waals surface area contributed by atoms with Gasteiger partial charge < -0.3 is 19.5 Å². The van der Waals surface area contributed by atoms with Crippen molar-refractivity contribution in [2.24, 2.45) is 0 Å². The third kappa shape index (κ3) is 5.67. The molecule has 0 saturated carbocycles. The Hall–Kier alpha value is -0.810. The number of hydrogen-bond acceptors (Lipinski definition) is 4. The summed E-state index contributed by atoms with van der Waals surface area (Å²) in [4.78, 5) is 0. The van der Waals surface area contributed by atoms with Crippen LogP contribution in [0.5, 0.6) is 5.75 Å². The van der Waals surface area contributed by atoms with Gasteiger partial charge in [0.25, 0.3) is 0 Å². The second kappa shape index (κ2) is 10.00. The first-order valence-electron chi connectivity index (χ1n) is 6.86. The van der Waals surface area contributed by atoms with Crippen molar-refractivity contribution in [1.82, 2.24) is 5.32 Å². The quantitative estimate of drug-likeness (QED) is 0.674. The average Bonchev–Trinajstić information content (AvgIpc) is 2.46. The van der Waals surface area contributed by atoms with E-state index in [-0.39, 0.29) is 6.04 Å². The summed E-state index contributed by atoms with van der Waals surface area (Å²) in [6.07, 6.45) is 0.891. The molecule has 0 fully saturated rings. The molecule has 1 aromatic rings. The average molecular weight is 302 g/mol. The van der Waals surface area contributed by atoms with Crippen molar-refractivity contribution < 1.29 is 14.2 Å². The van der Waals surface area contributed by atoms with Crippen LogP contribution < -0.4 is 10.1 Å². The highest BCUT2D eigenvalue weighted by Crippen LogP contribution is 2.28. The highest BCUT2D eigenvalue weighted by atomic mass is 35.5. The molecule has 1 atom stereocenters. The molecule has 1 aromatic carbocycles. The van der Waals surface area contributed by atoms with Crippen LogP contribution in [0.4, 0.5) is 0 Å². The first-order valence-corrected chi connectivity index (χ1v) is 7.24. The summed E-state index contributed by atoms with van der Waals surface area (Å²) in [6, 6.07) is 6.10. The summed E-state index contributed by atoms with van der Waals surface area (Å²) in [5, 5.41) is 4.08.